The summed E-state index contributed by atoms with van der Waals surface area (Å²) < 4.78 is 3.01. The van der Waals surface area contributed by atoms with Crippen LogP contribution in [0.2, 0.25) is 0 Å². The number of hydrogen-bond donors (Lipinski definition) is 1. The second kappa shape index (κ2) is 5.24. The summed E-state index contributed by atoms with van der Waals surface area (Å²) in [5.41, 5.74) is 10.4. The van der Waals surface area contributed by atoms with E-state index in [9.17, 15) is 0 Å². The number of hydrogen-bond acceptors (Lipinski definition) is 2. The maximum Gasteiger partial charge on any atom is 0.0743 e. The van der Waals surface area contributed by atoms with Gasteiger partial charge in [-0.3, -0.25) is 0 Å². The molecule has 2 N–H and O–H groups in total. The number of nitrogens with two attached hydrogens (primary N) is 1. The molecule has 0 saturated heterocycles. The van der Waals surface area contributed by atoms with Crippen LogP contribution in [0, 0.1) is 13.8 Å². The molecule has 0 bridgehead atoms. The van der Waals surface area contributed by atoms with Crippen molar-refractivity contribution in [3.63, 3.8) is 0 Å². The van der Waals surface area contributed by atoms with Crippen molar-refractivity contribution < 1.29 is 0 Å². The lowest BCUT2D eigenvalue weighted by Crippen LogP contribution is -2.08. The maximum absolute atomic E-state index is 6.01. The monoisotopic (exact) mass is 307 g/mol. The van der Waals surface area contributed by atoms with Crippen molar-refractivity contribution in [3.05, 3.63) is 45.7 Å². The molecule has 0 aliphatic rings. The summed E-state index contributed by atoms with van der Waals surface area (Å²) in [6, 6.07) is 8.40. The first kappa shape index (κ1) is 13.3. The minimum atomic E-state index is 0.117. The third kappa shape index (κ3) is 2.35. The minimum absolute atomic E-state index is 0.117. The average Bonchev–Trinajstić information content (AvgIpc) is 2.66. The zero-order valence-corrected chi connectivity index (χ0v) is 12.5. The van der Waals surface area contributed by atoms with Crippen LogP contribution >= 0.6 is 15.9 Å². The van der Waals surface area contributed by atoms with Crippen molar-refractivity contribution in [2.24, 2.45) is 5.73 Å². The van der Waals surface area contributed by atoms with Crippen LogP contribution in [0.5, 0.6) is 0 Å². The lowest BCUT2D eigenvalue weighted by molar-refractivity contribution is 0.698. The van der Waals surface area contributed by atoms with Gasteiger partial charge in [-0.1, -0.05) is 19.1 Å². The van der Waals surface area contributed by atoms with Gasteiger partial charge < -0.3 is 5.73 Å². The molecule has 0 fully saturated rings. The Morgan fingerprint density at radius 3 is 2.33 bits per heavy atom. The van der Waals surface area contributed by atoms with E-state index < -0.39 is 0 Å². The van der Waals surface area contributed by atoms with Gasteiger partial charge in [0.25, 0.3) is 0 Å². The van der Waals surface area contributed by atoms with Crippen LogP contribution in [0.25, 0.3) is 5.69 Å². The van der Waals surface area contributed by atoms with Gasteiger partial charge in [-0.15, -0.1) is 0 Å². The second-order valence-corrected chi connectivity index (χ2v) is 5.30. The van der Waals surface area contributed by atoms with Gasteiger partial charge in [-0.2, -0.15) is 5.10 Å². The van der Waals surface area contributed by atoms with Crippen molar-refractivity contribution in [1.29, 1.82) is 0 Å². The van der Waals surface area contributed by atoms with Crippen LogP contribution in [0.15, 0.2) is 28.7 Å². The van der Waals surface area contributed by atoms with Crippen molar-refractivity contribution in [2.75, 3.05) is 0 Å². The first-order chi connectivity index (χ1) is 8.54. The van der Waals surface area contributed by atoms with Gasteiger partial charge in [0.1, 0.15) is 0 Å². The molecule has 1 aromatic heterocycles. The molecular formula is C14H18BrN3. The molecule has 0 radical (unpaired) electrons. The number of rotatable bonds is 3. The molecule has 0 aliphatic heterocycles. The highest BCUT2D eigenvalue weighted by Gasteiger charge is 2.10. The highest BCUT2D eigenvalue weighted by atomic mass is 79.9. The molecule has 96 valence electrons. The van der Waals surface area contributed by atoms with Crippen LogP contribution in [0.3, 0.4) is 0 Å². The van der Waals surface area contributed by atoms with Crippen LogP contribution in [0.1, 0.15) is 36.3 Å². The van der Waals surface area contributed by atoms with E-state index in [2.05, 4.69) is 59.1 Å². The standard InChI is InChI=1S/C14H18BrN3/c1-4-13(16)11-5-7-12(8-6-11)18-10(3)14(15)9(2)17-18/h5-8,13H,4,16H2,1-3H3/t13-/m1/s1. The summed E-state index contributed by atoms with van der Waals surface area (Å²) in [6.07, 6.45) is 0.949. The molecular weight excluding hydrogens is 290 g/mol. The third-order valence-corrected chi connectivity index (χ3v) is 4.36. The number of nitrogens with zero attached hydrogens (tertiary/aromatic N) is 2. The zero-order valence-electron chi connectivity index (χ0n) is 10.9. The summed E-state index contributed by atoms with van der Waals surface area (Å²) in [5.74, 6) is 0. The molecule has 0 saturated carbocycles. The normalized spacial score (nSPS) is 12.7. The molecule has 2 rings (SSSR count). The first-order valence-electron chi connectivity index (χ1n) is 6.12. The van der Waals surface area contributed by atoms with Gasteiger partial charge in [0.05, 0.1) is 21.5 Å². The number of halogens is 1. The highest BCUT2D eigenvalue weighted by Crippen LogP contribution is 2.23. The maximum atomic E-state index is 6.01. The Balaban J connectivity index is 2.37. The number of aryl methyl sites for hydroxylation is 1. The van der Waals surface area contributed by atoms with Crippen molar-refractivity contribution in [3.8, 4) is 5.69 Å². The molecule has 0 unspecified atom stereocenters. The topological polar surface area (TPSA) is 43.8 Å². The number of aromatic nitrogens is 2. The van der Waals surface area contributed by atoms with Crippen LogP contribution in [-0.4, -0.2) is 9.78 Å². The van der Waals surface area contributed by atoms with Gasteiger partial charge in [0.2, 0.25) is 0 Å². The Labute approximate surface area is 116 Å². The summed E-state index contributed by atoms with van der Waals surface area (Å²) in [6.45, 7) is 6.14. The predicted molar refractivity (Wildman–Crippen MR) is 78.0 cm³/mol. The summed E-state index contributed by atoms with van der Waals surface area (Å²) in [5, 5.41) is 4.51. The Kier molecular flexibility index (Phi) is 3.88. The SMILES string of the molecule is CC[C@@H](N)c1ccc(-n2nc(C)c(Br)c2C)cc1. The van der Waals surface area contributed by atoms with Crippen molar-refractivity contribution in [1.82, 2.24) is 9.78 Å². The van der Waals surface area contributed by atoms with E-state index in [1.165, 1.54) is 5.56 Å². The fourth-order valence-corrected chi connectivity index (χ4v) is 2.22. The van der Waals surface area contributed by atoms with Crippen LogP contribution in [0.4, 0.5) is 0 Å². The molecule has 2 aromatic rings. The van der Waals surface area contributed by atoms with Gasteiger partial charge in [0.15, 0.2) is 0 Å². The van der Waals surface area contributed by atoms with E-state index in [0.717, 1.165) is 28.0 Å². The predicted octanol–water partition coefficient (Wildman–Crippen LogP) is 3.66. The van der Waals surface area contributed by atoms with E-state index in [0.29, 0.717) is 0 Å². The van der Waals surface area contributed by atoms with Gasteiger partial charge in [-0.05, 0) is 53.9 Å². The molecule has 0 spiro atoms. The fourth-order valence-electron chi connectivity index (χ4n) is 1.97. The van der Waals surface area contributed by atoms with E-state index >= 15 is 0 Å². The van der Waals surface area contributed by atoms with Crippen LogP contribution < -0.4 is 5.73 Å². The Morgan fingerprint density at radius 1 is 1.28 bits per heavy atom. The third-order valence-electron chi connectivity index (χ3n) is 3.21. The molecule has 0 amide bonds. The Bertz CT molecular complexity index is 543. The summed E-state index contributed by atoms with van der Waals surface area (Å²) in [4.78, 5) is 0. The van der Waals surface area contributed by atoms with Crippen molar-refractivity contribution in [2.45, 2.75) is 33.2 Å². The van der Waals surface area contributed by atoms with Crippen LogP contribution in [-0.2, 0) is 0 Å². The largest absolute Gasteiger partial charge is 0.324 e. The lowest BCUT2D eigenvalue weighted by atomic mass is 10.1. The molecule has 1 atom stereocenters. The van der Waals surface area contributed by atoms with Gasteiger partial charge in [-0.25, -0.2) is 4.68 Å². The van der Waals surface area contributed by atoms with Crippen molar-refractivity contribution >= 4 is 15.9 Å². The van der Waals surface area contributed by atoms with Gasteiger partial charge in [0, 0.05) is 6.04 Å². The zero-order chi connectivity index (χ0) is 13.3. The number of benzene rings is 1. The average molecular weight is 308 g/mol. The summed E-state index contributed by atoms with van der Waals surface area (Å²) in [7, 11) is 0. The Morgan fingerprint density at radius 2 is 1.89 bits per heavy atom. The lowest BCUT2D eigenvalue weighted by Gasteiger charge is -2.10. The molecule has 0 aliphatic carbocycles. The second-order valence-electron chi connectivity index (χ2n) is 4.50. The van der Waals surface area contributed by atoms with E-state index in [-0.39, 0.29) is 6.04 Å². The summed E-state index contributed by atoms with van der Waals surface area (Å²) >= 11 is 3.54. The minimum Gasteiger partial charge on any atom is -0.324 e. The molecule has 1 heterocycles. The van der Waals surface area contributed by atoms with E-state index in [4.69, 9.17) is 5.73 Å². The molecule has 18 heavy (non-hydrogen) atoms. The quantitative estimate of drug-likeness (QED) is 0.940. The van der Waals surface area contributed by atoms with E-state index in [1.54, 1.807) is 0 Å². The molecule has 4 heteroatoms. The fraction of sp³-hybridized carbons (Fsp3) is 0.357. The molecule has 1 aromatic carbocycles. The smallest absolute Gasteiger partial charge is 0.0743 e. The van der Waals surface area contributed by atoms with E-state index in [1.807, 2.05) is 11.6 Å². The Hall–Kier alpha value is -1.13. The highest BCUT2D eigenvalue weighted by molar-refractivity contribution is 9.10. The molecule has 3 nitrogen and oxygen atoms in total. The van der Waals surface area contributed by atoms with Gasteiger partial charge >= 0.3 is 0 Å². The first-order valence-corrected chi connectivity index (χ1v) is 6.91.